The van der Waals surface area contributed by atoms with Gasteiger partial charge in [0.2, 0.25) is 5.88 Å². The molecule has 26 heavy (non-hydrogen) atoms. The van der Waals surface area contributed by atoms with Gasteiger partial charge in [0.05, 0.1) is 18.4 Å². The first-order chi connectivity index (χ1) is 12.7. The van der Waals surface area contributed by atoms with Gasteiger partial charge in [0.15, 0.2) is 0 Å². The van der Waals surface area contributed by atoms with Crippen LogP contribution in [0.2, 0.25) is 0 Å². The van der Waals surface area contributed by atoms with E-state index >= 15 is 0 Å². The van der Waals surface area contributed by atoms with Gasteiger partial charge in [-0.15, -0.1) is 0 Å². The number of fused-ring (bicyclic) bond motifs is 1. The molecule has 0 amide bonds. The van der Waals surface area contributed by atoms with Gasteiger partial charge in [-0.3, -0.25) is 14.7 Å². The van der Waals surface area contributed by atoms with E-state index in [1.54, 1.807) is 19.5 Å². The summed E-state index contributed by atoms with van der Waals surface area (Å²) in [5, 5.41) is 0. The summed E-state index contributed by atoms with van der Waals surface area (Å²) >= 11 is 0. The fourth-order valence-electron chi connectivity index (χ4n) is 3.14. The molecule has 4 heterocycles. The lowest BCUT2D eigenvalue weighted by Crippen LogP contribution is -2.35. The summed E-state index contributed by atoms with van der Waals surface area (Å²) in [4.78, 5) is 30.7. The molecule has 0 unspecified atom stereocenters. The van der Waals surface area contributed by atoms with Gasteiger partial charge >= 0.3 is 0 Å². The number of hydrogen-bond acceptors (Lipinski definition) is 6. The average molecular weight is 349 g/mol. The molecule has 0 spiro atoms. The van der Waals surface area contributed by atoms with Gasteiger partial charge in [0.25, 0.3) is 5.56 Å². The minimum Gasteiger partial charge on any atom is -0.481 e. The van der Waals surface area contributed by atoms with Gasteiger partial charge in [-0.05, 0) is 17.7 Å². The Kier molecular flexibility index (Phi) is 4.45. The zero-order chi connectivity index (χ0) is 17.9. The van der Waals surface area contributed by atoms with E-state index in [1.807, 2.05) is 30.5 Å². The Morgan fingerprint density at radius 1 is 1.27 bits per heavy atom. The van der Waals surface area contributed by atoms with Crippen molar-refractivity contribution >= 4 is 0 Å². The van der Waals surface area contributed by atoms with Crippen molar-refractivity contribution in [1.29, 1.82) is 0 Å². The number of nitrogens with one attached hydrogen (secondary N) is 1. The standard InChI is InChI=1S/C19H19N5O2/c1-26-17-5-4-13(9-21-17)11-24-8-6-16-15(12-24)19(25)23-18(22-16)14-3-2-7-20-10-14/h2-5,7,9-10H,6,8,11-12H2,1H3,(H,22,23,25). The van der Waals surface area contributed by atoms with Crippen molar-refractivity contribution in [2.75, 3.05) is 13.7 Å². The van der Waals surface area contributed by atoms with E-state index in [2.05, 4.69) is 24.8 Å². The Morgan fingerprint density at radius 3 is 2.92 bits per heavy atom. The number of rotatable bonds is 4. The van der Waals surface area contributed by atoms with Crippen LogP contribution in [-0.4, -0.2) is 38.5 Å². The maximum Gasteiger partial charge on any atom is 0.255 e. The molecule has 7 nitrogen and oxygen atoms in total. The van der Waals surface area contributed by atoms with Crippen molar-refractivity contribution in [3.8, 4) is 17.3 Å². The highest BCUT2D eigenvalue weighted by Gasteiger charge is 2.21. The van der Waals surface area contributed by atoms with Crippen molar-refractivity contribution in [3.05, 3.63) is 70.0 Å². The van der Waals surface area contributed by atoms with Crippen molar-refractivity contribution in [3.63, 3.8) is 0 Å². The van der Waals surface area contributed by atoms with Gasteiger partial charge in [-0.1, -0.05) is 6.07 Å². The number of hydrogen-bond donors (Lipinski definition) is 1. The van der Waals surface area contributed by atoms with Crippen LogP contribution in [0, 0.1) is 0 Å². The minimum absolute atomic E-state index is 0.0774. The summed E-state index contributed by atoms with van der Waals surface area (Å²) < 4.78 is 5.09. The Balaban J connectivity index is 1.54. The van der Waals surface area contributed by atoms with Crippen molar-refractivity contribution < 1.29 is 4.74 Å². The maximum atomic E-state index is 12.6. The largest absolute Gasteiger partial charge is 0.481 e. The molecule has 0 saturated carbocycles. The summed E-state index contributed by atoms with van der Waals surface area (Å²) in [6, 6.07) is 7.57. The van der Waals surface area contributed by atoms with Gasteiger partial charge < -0.3 is 9.72 Å². The number of aromatic amines is 1. The first kappa shape index (κ1) is 16.4. The van der Waals surface area contributed by atoms with Crippen molar-refractivity contribution in [2.24, 2.45) is 0 Å². The molecule has 0 fully saturated rings. The van der Waals surface area contributed by atoms with E-state index in [9.17, 15) is 4.79 Å². The molecule has 3 aromatic rings. The van der Waals surface area contributed by atoms with Crippen LogP contribution in [0.5, 0.6) is 5.88 Å². The summed E-state index contributed by atoms with van der Waals surface area (Å²) in [5.74, 6) is 1.18. The smallest absolute Gasteiger partial charge is 0.255 e. The summed E-state index contributed by atoms with van der Waals surface area (Å²) in [5.41, 5.74) is 3.44. The number of nitrogens with zero attached hydrogens (tertiary/aromatic N) is 4. The molecule has 0 aliphatic carbocycles. The molecule has 1 N–H and O–H groups in total. The molecule has 0 atom stereocenters. The SMILES string of the molecule is COc1ccc(CN2CCc3nc(-c4cccnc4)[nH]c(=O)c3C2)cn1. The first-order valence-corrected chi connectivity index (χ1v) is 8.46. The molecule has 0 aromatic carbocycles. The second kappa shape index (κ2) is 7.05. The zero-order valence-electron chi connectivity index (χ0n) is 14.5. The maximum absolute atomic E-state index is 12.6. The molecule has 3 aromatic heterocycles. The van der Waals surface area contributed by atoms with E-state index in [4.69, 9.17) is 4.74 Å². The van der Waals surface area contributed by atoms with Gasteiger partial charge in [0.1, 0.15) is 5.82 Å². The minimum atomic E-state index is -0.0774. The fraction of sp³-hybridized carbons (Fsp3) is 0.263. The number of methoxy groups -OCH3 is 1. The Labute approximate surface area is 150 Å². The first-order valence-electron chi connectivity index (χ1n) is 8.46. The van der Waals surface area contributed by atoms with Crippen LogP contribution in [0.15, 0.2) is 47.7 Å². The monoisotopic (exact) mass is 349 g/mol. The molecule has 132 valence electrons. The zero-order valence-corrected chi connectivity index (χ0v) is 14.5. The van der Waals surface area contributed by atoms with E-state index in [-0.39, 0.29) is 5.56 Å². The molecule has 7 heteroatoms. The molecule has 0 bridgehead atoms. The van der Waals surface area contributed by atoms with E-state index in [0.717, 1.165) is 41.9 Å². The highest BCUT2D eigenvalue weighted by atomic mass is 16.5. The van der Waals surface area contributed by atoms with Crippen LogP contribution < -0.4 is 10.3 Å². The Bertz CT molecular complexity index is 954. The number of pyridine rings is 2. The van der Waals surface area contributed by atoms with Crippen LogP contribution in [0.3, 0.4) is 0 Å². The van der Waals surface area contributed by atoms with Crippen LogP contribution in [0.1, 0.15) is 16.8 Å². The second-order valence-electron chi connectivity index (χ2n) is 6.25. The molecular weight excluding hydrogens is 330 g/mol. The Hall–Kier alpha value is -3.06. The van der Waals surface area contributed by atoms with Crippen LogP contribution in [0.25, 0.3) is 11.4 Å². The third-order valence-electron chi connectivity index (χ3n) is 4.50. The second-order valence-corrected chi connectivity index (χ2v) is 6.25. The fourth-order valence-corrected chi connectivity index (χ4v) is 3.14. The van der Waals surface area contributed by atoms with E-state index < -0.39 is 0 Å². The average Bonchev–Trinajstić information content (AvgIpc) is 2.69. The van der Waals surface area contributed by atoms with Gasteiger partial charge in [-0.2, -0.15) is 0 Å². The lowest BCUT2D eigenvalue weighted by atomic mass is 10.1. The van der Waals surface area contributed by atoms with Crippen LogP contribution in [-0.2, 0) is 19.5 Å². The third kappa shape index (κ3) is 3.34. The third-order valence-corrected chi connectivity index (χ3v) is 4.50. The summed E-state index contributed by atoms with van der Waals surface area (Å²) in [7, 11) is 1.60. The van der Waals surface area contributed by atoms with Crippen molar-refractivity contribution in [2.45, 2.75) is 19.5 Å². The van der Waals surface area contributed by atoms with Crippen LogP contribution >= 0.6 is 0 Å². The topological polar surface area (TPSA) is 84.0 Å². The predicted octanol–water partition coefficient (Wildman–Crippen LogP) is 1.79. The number of aromatic nitrogens is 4. The quantitative estimate of drug-likeness (QED) is 0.773. The molecule has 4 rings (SSSR count). The van der Waals surface area contributed by atoms with Gasteiger partial charge in [-0.25, -0.2) is 9.97 Å². The summed E-state index contributed by atoms with van der Waals surface area (Å²) in [6.07, 6.45) is 5.96. The molecule has 1 aliphatic rings. The molecule has 0 radical (unpaired) electrons. The Morgan fingerprint density at radius 2 is 2.19 bits per heavy atom. The number of H-pyrrole nitrogens is 1. The van der Waals surface area contributed by atoms with Crippen molar-refractivity contribution in [1.82, 2.24) is 24.8 Å². The molecular formula is C19H19N5O2. The normalized spacial score (nSPS) is 14.0. The summed E-state index contributed by atoms with van der Waals surface area (Å²) in [6.45, 7) is 2.17. The molecule has 1 aliphatic heterocycles. The highest BCUT2D eigenvalue weighted by molar-refractivity contribution is 5.53. The molecule has 0 saturated heterocycles. The van der Waals surface area contributed by atoms with E-state index in [1.165, 1.54) is 0 Å². The van der Waals surface area contributed by atoms with Gasteiger partial charge in [0, 0.05) is 56.3 Å². The number of ether oxygens (including phenoxy) is 1. The van der Waals surface area contributed by atoms with E-state index in [0.29, 0.717) is 18.2 Å². The highest BCUT2D eigenvalue weighted by Crippen LogP contribution is 2.19. The lowest BCUT2D eigenvalue weighted by Gasteiger charge is -2.27. The lowest BCUT2D eigenvalue weighted by molar-refractivity contribution is 0.241. The van der Waals surface area contributed by atoms with Crippen LogP contribution in [0.4, 0.5) is 0 Å². The predicted molar refractivity (Wildman–Crippen MR) is 96.7 cm³/mol.